The van der Waals surface area contributed by atoms with E-state index in [0.29, 0.717) is 0 Å². The van der Waals surface area contributed by atoms with Gasteiger partial charge < -0.3 is 14.0 Å². The molecule has 0 saturated carbocycles. The molecule has 0 spiro atoms. The van der Waals surface area contributed by atoms with E-state index in [2.05, 4.69) is 313 Å². The molecule has 14 rings (SSSR count). The fourth-order valence-corrected chi connectivity index (χ4v) is 23.5. The number of hydrogen-bond acceptors (Lipinski definition) is 2. The van der Waals surface area contributed by atoms with Gasteiger partial charge in [-0.05, 0) is 86.5 Å². The Labute approximate surface area is 472 Å². The second-order valence-corrected chi connectivity index (χ2v) is 31.5. The van der Waals surface area contributed by atoms with Crippen LogP contribution in [0.1, 0.15) is 52.7 Å². The number of para-hydroxylation sites is 2. The van der Waals surface area contributed by atoms with E-state index in [1.165, 1.54) is 85.4 Å². The monoisotopic (exact) mass is 1060 g/mol. The average Bonchev–Trinajstić information content (AvgIpc) is 2.65. The molecule has 3 nitrogen and oxygen atoms in total. The van der Waals surface area contributed by atoms with Gasteiger partial charge in [0.1, 0.15) is 23.0 Å². The van der Waals surface area contributed by atoms with Gasteiger partial charge in [-0.25, -0.2) is 0 Å². The Morgan fingerprint density at radius 3 is 0.938 bits per heavy atom. The van der Waals surface area contributed by atoms with Gasteiger partial charge in [0.05, 0.1) is 16.7 Å². The largest absolute Gasteiger partial charge is 0.458 e. The lowest BCUT2D eigenvalue weighted by molar-refractivity contribution is 0.463. The zero-order valence-corrected chi connectivity index (χ0v) is 48.2. The number of hydrogen-bond donors (Lipinski definition) is 0. The molecule has 11 aromatic carbocycles. The van der Waals surface area contributed by atoms with Crippen LogP contribution < -0.4 is 67.4 Å². The van der Waals surface area contributed by atoms with Gasteiger partial charge in [-0.1, -0.05) is 284 Å². The van der Waals surface area contributed by atoms with Crippen molar-refractivity contribution in [3.05, 3.63) is 278 Å². The zero-order valence-electron chi connectivity index (χ0n) is 46.2. The van der Waals surface area contributed by atoms with Gasteiger partial charge in [-0.3, -0.25) is 0 Å². The van der Waals surface area contributed by atoms with Crippen LogP contribution in [-0.4, -0.2) is 27.4 Å². The molecule has 1 aromatic heterocycles. The molecule has 0 aliphatic carbocycles. The molecule has 0 radical (unpaired) electrons. The molecule has 0 bridgehead atoms. The van der Waals surface area contributed by atoms with Crippen molar-refractivity contribution in [3.8, 4) is 28.7 Å². The van der Waals surface area contributed by atoms with Crippen LogP contribution in [0.3, 0.4) is 0 Å². The molecule has 2 aliphatic heterocycles. The lowest BCUT2D eigenvalue weighted by Gasteiger charge is -2.37. The smallest absolute Gasteiger partial charge is 0.260 e. The van der Waals surface area contributed by atoms with Crippen LogP contribution in [0.2, 0.25) is 0 Å². The summed E-state index contributed by atoms with van der Waals surface area (Å²) in [4.78, 5) is 0. The first-order chi connectivity index (χ1) is 39.0. The maximum atomic E-state index is 7.40. The molecule has 0 fully saturated rings. The summed E-state index contributed by atoms with van der Waals surface area (Å²) in [6.45, 7) is 13.7. The second-order valence-electron chi connectivity index (χ2n) is 23.9. The third kappa shape index (κ3) is 7.67. The molecule has 386 valence electrons. The number of aromatic nitrogens is 1. The number of fused-ring (bicyclic) bond motifs is 7. The Morgan fingerprint density at radius 1 is 0.325 bits per heavy atom. The van der Waals surface area contributed by atoms with Crippen LogP contribution in [0.4, 0.5) is 0 Å². The predicted octanol–water partition coefficient (Wildman–Crippen LogP) is 10.9. The first-order valence-electron chi connectivity index (χ1n) is 28.2. The summed E-state index contributed by atoms with van der Waals surface area (Å²) in [5.74, 6) is 3.38. The third-order valence-corrected chi connectivity index (χ3v) is 26.9. The van der Waals surface area contributed by atoms with Gasteiger partial charge in [0, 0.05) is 28.4 Å². The van der Waals surface area contributed by atoms with Crippen molar-refractivity contribution in [2.45, 2.75) is 52.4 Å². The fourth-order valence-electron chi connectivity index (χ4n) is 13.6. The summed E-state index contributed by atoms with van der Waals surface area (Å²) in [5, 5.41) is 12.9. The minimum absolute atomic E-state index is 0.0647. The van der Waals surface area contributed by atoms with Crippen molar-refractivity contribution in [1.82, 2.24) is 4.57 Å². The van der Waals surface area contributed by atoms with E-state index in [-0.39, 0.29) is 17.5 Å². The standard InChI is InChI=1S/C74H62BNO2Si2/c1-73(2,3)51-43-45-64-62(47-51)75-63-48-52(74(4,5)6)44-46-65(63)78-67-50-53(49-66(77-64)70(67)75)76-71-60(39-25-41-68(71)79(54-27-13-7-14-28-54,55-29-15-8-16-30-55)56-31-17-9-18-32-56)61-40-26-42-69(72(61)76)80(57-33-19-10-20-34-57,58-35-21-11-22-36-58)59-37-23-12-24-38-59/h7-50H,1-6H3. The summed E-state index contributed by atoms with van der Waals surface area (Å²) in [6.07, 6.45) is 0. The van der Waals surface area contributed by atoms with E-state index in [1.54, 1.807) is 0 Å². The second kappa shape index (κ2) is 19.0. The van der Waals surface area contributed by atoms with Gasteiger partial charge >= 0.3 is 0 Å². The molecule has 0 saturated heterocycles. The average molecular weight is 1060 g/mol. The summed E-state index contributed by atoms with van der Waals surface area (Å²) in [7, 11) is -6.41. The van der Waals surface area contributed by atoms with Crippen molar-refractivity contribution in [3.63, 3.8) is 0 Å². The van der Waals surface area contributed by atoms with E-state index in [1.807, 2.05) is 0 Å². The molecule has 80 heavy (non-hydrogen) atoms. The third-order valence-electron chi connectivity index (χ3n) is 17.3. The van der Waals surface area contributed by atoms with Gasteiger partial charge in [-0.2, -0.15) is 0 Å². The Morgan fingerprint density at radius 2 is 0.637 bits per heavy atom. The van der Waals surface area contributed by atoms with Gasteiger partial charge in [0.2, 0.25) is 0 Å². The van der Waals surface area contributed by atoms with Crippen LogP contribution >= 0.6 is 0 Å². The quantitative estimate of drug-likeness (QED) is 0.106. The Kier molecular flexibility index (Phi) is 11.8. The summed E-state index contributed by atoms with van der Waals surface area (Å²) >= 11 is 0. The number of nitrogens with zero attached hydrogens (tertiary/aromatic N) is 1. The van der Waals surface area contributed by atoms with Gasteiger partial charge in [0.15, 0.2) is 16.1 Å². The van der Waals surface area contributed by atoms with E-state index in [0.717, 1.165) is 34.1 Å². The highest BCUT2D eigenvalue weighted by molar-refractivity contribution is 7.21. The minimum atomic E-state index is -3.21. The molecular weight excluding hydrogens is 1000 g/mol. The topological polar surface area (TPSA) is 23.4 Å². The van der Waals surface area contributed by atoms with Crippen molar-refractivity contribution in [2.24, 2.45) is 0 Å². The first kappa shape index (κ1) is 49.6. The molecule has 12 aromatic rings. The molecule has 0 N–H and O–H groups in total. The molecule has 3 heterocycles. The van der Waals surface area contributed by atoms with E-state index in [9.17, 15) is 0 Å². The Balaban J connectivity index is 1.17. The molecule has 6 heteroatoms. The molecule has 2 aliphatic rings. The highest BCUT2D eigenvalue weighted by atomic mass is 28.3. The Hall–Kier alpha value is -8.68. The van der Waals surface area contributed by atoms with Crippen LogP contribution in [0.5, 0.6) is 23.0 Å². The predicted molar refractivity (Wildman–Crippen MR) is 343 cm³/mol. The summed E-state index contributed by atoms with van der Waals surface area (Å²) in [5.41, 5.74) is 9.17. The summed E-state index contributed by atoms with van der Waals surface area (Å²) < 4.78 is 17.5. The lowest BCUT2D eigenvalue weighted by atomic mass is 9.34. The number of ether oxygens (including phenoxy) is 2. The zero-order chi connectivity index (χ0) is 54.4. The summed E-state index contributed by atoms with van der Waals surface area (Å²) in [6, 6.07) is 101. The molecular formula is C74H62BNO2Si2. The van der Waals surface area contributed by atoms with E-state index in [4.69, 9.17) is 9.47 Å². The highest BCUT2D eigenvalue weighted by Crippen LogP contribution is 2.41. The first-order valence-corrected chi connectivity index (χ1v) is 32.2. The SMILES string of the molecule is CC(C)(C)c1ccc2c(c1)B1c3cc(C(C)(C)C)ccc3Oc3cc(-n4c5c([Si](c6ccccc6)(c6ccccc6)c6ccccc6)cccc5c5cccc([Si](c6ccccc6)(c6ccccc6)c6ccccc6)c54)cc(c31)O2. The van der Waals surface area contributed by atoms with E-state index >= 15 is 0 Å². The number of benzene rings is 11. The molecule has 0 atom stereocenters. The maximum Gasteiger partial charge on any atom is 0.260 e. The van der Waals surface area contributed by atoms with Gasteiger partial charge in [0.25, 0.3) is 6.71 Å². The minimum Gasteiger partial charge on any atom is -0.458 e. The van der Waals surface area contributed by atoms with E-state index < -0.39 is 16.1 Å². The van der Waals surface area contributed by atoms with Crippen LogP contribution in [0.15, 0.2) is 267 Å². The van der Waals surface area contributed by atoms with Crippen LogP contribution in [-0.2, 0) is 10.8 Å². The van der Waals surface area contributed by atoms with Crippen molar-refractivity contribution in [2.75, 3.05) is 0 Å². The highest BCUT2D eigenvalue weighted by Gasteiger charge is 2.47. The fraction of sp³-hybridized carbons (Fsp3) is 0.108. The van der Waals surface area contributed by atoms with Gasteiger partial charge in [-0.15, -0.1) is 0 Å². The lowest BCUT2D eigenvalue weighted by Crippen LogP contribution is -2.75. The van der Waals surface area contributed by atoms with Crippen molar-refractivity contribution < 1.29 is 9.47 Å². The maximum absolute atomic E-state index is 7.40. The molecule has 0 unspecified atom stereocenters. The van der Waals surface area contributed by atoms with Crippen molar-refractivity contribution >= 4 is 103 Å². The van der Waals surface area contributed by atoms with Crippen LogP contribution in [0, 0.1) is 0 Å². The Bertz CT molecular complexity index is 3840. The normalized spacial score (nSPS) is 13.1. The van der Waals surface area contributed by atoms with Crippen molar-refractivity contribution in [1.29, 1.82) is 0 Å². The number of rotatable bonds is 9. The van der Waals surface area contributed by atoms with Crippen LogP contribution in [0.25, 0.3) is 27.5 Å². The molecule has 0 amide bonds.